The third kappa shape index (κ3) is 3.59. The number of allylic oxidation sites excluding steroid dienone is 7. The van der Waals surface area contributed by atoms with Crippen molar-refractivity contribution in [3.8, 4) is 0 Å². The summed E-state index contributed by atoms with van der Waals surface area (Å²) in [5.41, 5.74) is 4.17. The largest absolute Gasteiger partial charge is 0.126 e. The van der Waals surface area contributed by atoms with Crippen molar-refractivity contribution in [1.82, 2.24) is 0 Å². The molecule has 0 spiro atoms. The molecule has 0 nitrogen and oxygen atoms in total. The van der Waals surface area contributed by atoms with Gasteiger partial charge in [-0.2, -0.15) is 0 Å². The van der Waals surface area contributed by atoms with Crippen LogP contribution in [0, 0.1) is 0 Å². The Morgan fingerprint density at radius 1 is 1.21 bits per heavy atom. The van der Waals surface area contributed by atoms with Crippen molar-refractivity contribution >= 4 is 11.8 Å². The Hall–Kier alpha value is -0.690. The van der Waals surface area contributed by atoms with Gasteiger partial charge in [-0.15, -0.1) is 11.8 Å². The summed E-state index contributed by atoms with van der Waals surface area (Å²) in [6, 6.07) is 0. The van der Waals surface area contributed by atoms with E-state index in [1.165, 1.54) is 21.6 Å². The topological polar surface area (TPSA) is 0 Å². The van der Waals surface area contributed by atoms with Crippen molar-refractivity contribution in [2.75, 3.05) is 5.75 Å². The lowest BCUT2D eigenvalue weighted by atomic mass is 10.1. The summed E-state index contributed by atoms with van der Waals surface area (Å²) in [7, 11) is 0. The molecule has 0 radical (unpaired) electrons. The Kier molecular flexibility index (Phi) is 4.27. The second-order valence-electron chi connectivity index (χ2n) is 3.85. The fourth-order valence-corrected chi connectivity index (χ4v) is 2.02. The summed E-state index contributed by atoms with van der Waals surface area (Å²) in [6.45, 7) is 8.59. The summed E-state index contributed by atoms with van der Waals surface area (Å²) >= 11 is 1.92. The number of rotatable bonds is 2. The molecule has 0 aromatic carbocycles. The molecule has 14 heavy (non-hydrogen) atoms. The smallest absolute Gasteiger partial charge is 0.0231 e. The maximum Gasteiger partial charge on any atom is 0.0231 e. The Balaban J connectivity index is 2.76. The van der Waals surface area contributed by atoms with Gasteiger partial charge in [0.25, 0.3) is 0 Å². The van der Waals surface area contributed by atoms with E-state index in [0.717, 1.165) is 5.75 Å². The predicted molar refractivity (Wildman–Crippen MR) is 67.5 cm³/mol. The molecule has 0 aromatic heterocycles. The quantitative estimate of drug-likeness (QED) is 0.600. The number of hydrogen-bond donors (Lipinski definition) is 0. The van der Waals surface area contributed by atoms with Gasteiger partial charge in [-0.1, -0.05) is 29.9 Å². The fourth-order valence-electron chi connectivity index (χ4n) is 1.15. The standard InChI is InChI=1S/C13H18S/c1-10(2)5-6-11(3)13-8-7-12(4)14-9-13/h5-8H,9H2,1-4H3/b11-6+. The van der Waals surface area contributed by atoms with Gasteiger partial charge in [-0.3, -0.25) is 0 Å². The first-order valence-electron chi connectivity index (χ1n) is 4.92. The summed E-state index contributed by atoms with van der Waals surface area (Å²) in [5, 5.41) is 0. The van der Waals surface area contributed by atoms with Crippen LogP contribution in [0.5, 0.6) is 0 Å². The van der Waals surface area contributed by atoms with Crippen LogP contribution in [0.2, 0.25) is 0 Å². The highest BCUT2D eigenvalue weighted by molar-refractivity contribution is 8.03. The lowest BCUT2D eigenvalue weighted by Crippen LogP contribution is -1.93. The fraction of sp³-hybridized carbons (Fsp3) is 0.385. The minimum atomic E-state index is 1.11. The van der Waals surface area contributed by atoms with E-state index < -0.39 is 0 Å². The van der Waals surface area contributed by atoms with Crippen molar-refractivity contribution in [2.45, 2.75) is 27.7 Å². The second kappa shape index (κ2) is 5.26. The van der Waals surface area contributed by atoms with E-state index >= 15 is 0 Å². The van der Waals surface area contributed by atoms with Gasteiger partial charge in [-0.25, -0.2) is 0 Å². The Labute approximate surface area is 91.5 Å². The molecule has 0 fully saturated rings. The van der Waals surface area contributed by atoms with Crippen LogP contribution < -0.4 is 0 Å². The average Bonchev–Trinajstić information content (AvgIpc) is 2.15. The van der Waals surface area contributed by atoms with Crippen LogP contribution in [-0.4, -0.2) is 5.75 Å². The first-order chi connectivity index (χ1) is 6.59. The minimum Gasteiger partial charge on any atom is -0.126 e. The minimum absolute atomic E-state index is 1.11. The molecule has 0 bridgehead atoms. The first kappa shape index (κ1) is 11.4. The van der Waals surface area contributed by atoms with Crippen LogP contribution in [0.1, 0.15) is 27.7 Å². The number of thioether (sulfide) groups is 1. The first-order valence-corrected chi connectivity index (χ1v) is 5.90. The van der Waals surface area contributed by atoms with Gasteiger partial charge >= 0.3 is 0 Å². The molecule has 1 heterocycles. The van der Waals surface area contributed by atoms with Gasteiger partial charge in [0.15, 0.2) is 0 Å². The van der Waals surface area contributed by atoms with Crippen molar-refractivity contribution < 1.29 is 0 Å². The summed E-state index contributed by atoms with van der Waals surface area (Å²) in [6.07, 6.45) is 8.81. The third-order valence-electron chi connectivity index (χ3n) is 2.15. The van der Waals surface area contributed by atoms with E-state index in [1.54, 1.807) is 0 Å². The molecule has 0 aromatic rings. The van der Waals surface area contributed by atoms with E-state index in [2.05, 4.69) is 52.0 Å². The van der Waals surface area contributed by atoms with E-state index in [1.807, 2.05) is 11.8 Å². The van der Waals surface area contributed by atoms with Crippen LogP contribution in [0.15, 0.2) is 45.9 Å². The summed E-state index contributed by atoms with van der Waals surface area (Å²) in [5.74, 6) is 1.11. The van der Waals surface area contributed by atoms with E-state index in [0.29, 0.717) is 0 Å². The van der Waals surface area contributed by atoms with E-state index in [9.17, 15) is 0 Å². The molecule has 0 saturated carbocycles. The molecule has 1 rings (SSSR count). The highest BCUT2D eigenvalue weighted by Crippen LogP contribution is 2.26. The van der Waals surface area contributed by atoms with Crippen LogP contribution in [-0.2, 0) is 0 Å². The zero-order chi connectivity index (χ0) is 10.6. The zero-order valence-corrected chi connectivity index (χ0v) is 10.2. The van der Waals surface area contributed by atoms with Crippen LogP contribution >= 0.6 is 11.8 Å². The van der Waals surface area contributed by atoms with Crippen molar-refractivity contribution in [3.05, 3.63) is 45.9 Å². The maximum absolute atomic E-state index is 2.23. The highest BCUT2D eigenvalue weighted by Gasteiger charge is 2.04. The molecule has 0 amide bonds. The average molecular weight is 206 g/mol. The summed E-state index contributed by atoms with van der Waals surface area (Å²) in [4.78, 5) is 1.41. The lowest BCUT2D eigenvalue weighted by molar-refractivity contribution is 1.33. The highest BCUT2D eigenvalue weighted by atomic mass is 32.2. The molecule has 0 unspecified atom stereocenters. The van der Waals surface area contributed by atoms with Crippen LogP contribution in [0.25, 0.3) is 0 Å². The SMILES string of the molecule is CC(C)=C/C=C(\C)C1=CC=C(C)SC1. The monoisotopic (exact) mass is 206 g/mol. The molecular formula is C13H18S. The Morgan fingerprint density at radius 2 is 1.93 bits per heavy atom. The van der Waals surface area contributed by atoms with Crippen molar-refractivity contribution in [3.63, 3.8) is 0 Å². The van der Waals surface area contributed by atoms with Gasteiger partial charge in [0.05, 0.1) is 0 Å². The van der Waals surface area contributed by atoms with Crippen molar-refractivity contribution in [1.29, 1.82) is 0 Å². The molecule has 1 heteroatoms. The molecular weight excluding hydrogens is 188 g/mol. The van der Waals surface area contributed by atoms with Crippen molar-refractivity contribution in [2.24, 2.45) is 0 Å². The molecule has 0 saturated heterocycles. The molecule has 76 valence electrons. The normalized spacial score (nSPS) is 17.3. The van der Waals surface area contributed by atoms with Gasteiger partial charge in [0.2, 0.25) is 0 Å². The Morgan fingerprint density at radius 3 is 2.43 bits per heavy atom. The molecule has 1 aliphatic rings. The van der Waals surface area contributed by atoms with Gasteiger partial charge in [0, 0.05) is 5.75 Å². The zero-order valence-electron chi connectivity index (χ0n) is 9.42. The maximum atomic E-state index is 2.23. The van der Waals surface area contributed by atoms with Gasteiger partial charge in [-0.05, 0) is 43.7 Å². The molecule has 0 N–H and O–H groups in total. The predicted octanol–water partition coefficient (Wildman–Crippen LogP) is 4.48. The molecule has 1 aliphatic heterocycles. The van der Waals surface area contributed by atoms with Crippen LogP contribution in [0.4, 0.5) is 0 Å². The summed E-state index contributed by atoms with van der Waals surface area (Å²) < 4.78 is 0. The van der Waals surface area contributed by atoms with E-state index in [4.69, 9.17) is 0 Å². The van der Waals surface area contributed by atoms with Gasteiger partial charge in [0.1, 0.15) is 0 Å². The third-order valence-corrected chi connectivity index (χ3v) is 3.19. The Bertz CT molecular complexity index is 323. The van der Waals surface area contributed by atoms with E-state index in [-0.39, 0.29) is 0 Å². The van der Waals surface area contributed by atoms with Gasteiger partial charge < -0.3 is 0 Å². The molecule has 0 aliphatic carbocycles. The molecule has 0 atom stereocenters. The lowest BCUT2D eigenvalue weighted by Gasteiger charge is -2.11. The second-order valence-corrected chi connectivity index (χ2v) is 5.07. The van der Waals surface area contributed by atoms with Crippen LogP contribution in [0.3, 0.4) is 0 Å². The number of hydrogen-bond acceptors (Lipinski definition) is 1.